The third-order valence-electron chi connectivity index (χ3n) is 3.98. The number of esters is 1. The Morgan fingerprint density at radius 2 is 2.17 bits per heavy atom. The van der Waals surface area contributed by atoms with Crippen molar-refractivity contribution in [2.45, 2.75) is 28.7 Å². The molecular formula is C16H21N3O8S2. The number of hydrogen-bond acceptors (Lipinski definition) is 9. The molecule has 1 aliphatic heterocycles. The van der Waals surface area contributed by atoms with E-state index in [1.807, 2.05) is 4.72 Å². The van der Waals surface area contributed by atoms with E-state index >= 15 is 0 Å². The summed E-state index contributed by atoms with van der Waals surface area (Å²) >= 11 is 1.11. The highest BCUT2D eigenvalue weighted by Gasteiger charge is 2.22. The van der Waals surface area contributed by atoms with Gasteiger partial charge in [-0.3, -0.25) is 19.7 Å². The molecule has 0 spiro atoms. The Bertz CT molecular complexity index is 869. The van der Waals surface area contributed by atoms with Gasteiger partial charge in [0.05, 0.1) is 20.8 Å². The lowest BCUT2D eigenvalue weighted by atomic mass is 10.2. The molecule has 1 fully saturated rings. The van der Waals surface area contributed by atoms with Crippen LogP contribution in [0.1, 0.15) is 12.8 Å². The van der Waals surface area contributed by atoms with Crippen LogP contribution in [0.4, 0.5) is 5.69 Å². The maximum absolute atomic E-state index is 12.3. The molecule has 2 N–H and O–H groups in total. The van der Waals surface area contributed by atoms with Crippen LogP contribution in [0.5, 0.6) is 0 Å². The van der Waals surface area contributed by atoms with E-state index in [9.17, 15) is 28.1 Å². The number of hydrogen-bond donors (Lipinski definition) is 2. The van der Waals surface area contributed by atoms with Crippen LogP contribution in [0.25, 0.3) is 0 Å². The maximum Gasteiger partial charge on any atom is 0.321 e. The van der Waals surface area contributed by atoms with E-state index in [-0.39, 0.29) is 16.7 Å². The minimum atomic E-state index is -4.18. The molecule has 1 atom stereocenters. The van der Waals surface area contributed by atoms with Gasteiger partial charge < -0.3 is 14.8 Å². The van der Waals surface area contributed by atoms with Gasteiger partial charge in [0.1, 0.15) is 6.54 Å². The molecule has 0 aliphatic carbocycles. The molecule has 0 aromatic heterocycles. The molecular weight excluding hydrogens is 426 g/mol. The second kappa shape index (κ2) is 10.5. The monoisotopic (exact) mass is 447 g/mol. The molecule has 13 heteroatoms. The van der Waals surface area contributed by atoms with Crippen molar-refractivity contribution in [1.29, 1.82) is 0 Å². The standard InChI is InChI=1S/C16H21N3O8S2/c1-28-14-5-4-12(7-13(14)19(22)23)29(24,25)18-9-16(21)27-10-15(20)17-8-11-3-2-6-26-11/h4-5,7,11,18H,2-3,6,8-10H2,1H3,(H,17,20)/t11-/m1/s1. The maximum atomic E-state index is 12.3. The molecule has 11 nitrogen and oxygen atoms in total. The lowest BCUT2D eigenvalue weighted by Gasteiger charge is -2.11. The van der Waals surface area contributed by atoms with Gasteiger partial charge >= 0.3 is 5.97 Å². The van der Waals surface area contributed by atoms with Crippen molar-refractivity contribution < 1.29 is 32.4 Å². The molecule has 160 valence electrons. The van der Waals surface area contributed by atoms with Crippen LogP contribution in [0.3, 0.4) is 0 Å². The number of nitro groups is 1. The average molecular weight is 447 g/mol. The van der Waals surface area contributed by atoms with E-state index in [4.69, 9.17) is 9.47 Å². The molecule has 2 rings (SSSR count). The van der Waals surface area contributed by atoms with E-state index in [0.29, 0.717) is 18.0 Å². The van der Waals surface area contributed by atoms with Crippen molar-refractivity contribution in [2.75, 3.05) is 32.6 Å². The Balaban J connectivity index is 1.83. The number of sulfonamides is 1. The van der Waals surface area contributed by atoms with Crippen molar-refractivity contribution in [3.8, 4) is 0 Å². The van der Waals surface area contributed by atoms with E-state index < -0.39 is 40.0 Å². The normalized spacial score (nSPS) is 16.4. The number of carbonyl (C=O) groups is 2. The van der Waals surface area contributed by atoms with Gasteiger partial charge in [0.25, 0.3) is 11.6 Å². The highest BCUT2D eigenvalue weighted by molar-refractivity contribution is 7.98. The van der Waals surface area contributed by atoms with Gasteiger partial charge in [-0.25, -0.2) is 8.42 Å². The van der Waals surface area contributed by atoms with E-state index in [0.717, 1.165) is 30.7 Å². The fourth-order valence-electron chi connectivity index (χ4n) is 2.50. The minimum absolute atomic E-state index is 0.0528. The fourth-order valence-corrected chi connectivity index (χ4v) is 4.03. The van der Waals surface area contributed by atoms with Gasteiger partial charge in [0, 0.05) is 19.2 Å². The first-order chi connectivity index (χ1) is 13.7. The van der Waals surface area contributed by atoms with Gasteiger partial charge in [-0.05, 0) is 31.2 Å². The molecule has 1 amide bonds. The van der Waals surface area contributed by atoms with Crippen LogP contribution in [0, 0.1) is 10.1 Å². The number of carbonyl (C=O) groups excluding carboxylic acids is 2. The topological polar surface area (TPSA) is 154 Å². The van der Waals surface area contributed by atoms with E-state index in [2.05, 4.69) is 5.32 Å². The van der Waals surface area contributed by atoms with Gasteiger partial charge in [-0.15, -0.1) is 11.8 Å². The molecule has 1 heterocycles. The van der Waals surface area contributed by atoms with Crippen LogP contribution < -0.4 is 10.0 Å². The van der Waals surface area contributed by atoms with Gasteiger partial charge in [-0.2, -0.15) is 4.72 Å². The summed E-state index contributed by atoms with van der Waals surface area (Å²) in [4.78, 5) is 33.7. The number of amides is 1. The third-order valence-corrected chi connectivity index (χ3v) is 6.16. The number of ether oxygens (including phenoxy) is 2. The Labute approximate surface area is 171 Å². The number of rotatable bonds is 10. The molecule has 29 heavy (non-hydrogen) atoms. The summed E-state index contributed by atoms with van der Waals surface area (Å²) in [7, 11) is -4.18. The molecule has 1 aromatic carbocycles. The number of thioether (sulfide) groups is 1. The first-order valence-corrected chi connectivity index (χ1v) is 11.3. The predicted molar refractivity (Wildman–Crippen MR) is 103 cm³/mol. The zero-order chi connectivity index (χ0) is 21.4. The minimum Gasteiger partial charge on any atom is -0.455 e. The van der Waals surface area contributed by atoms with E-state index in [1.54, 1.807) is 6.26 Å². The summed E-state index contributed by atoms with van der Waals surface area (Å²) in [6.07, 6.45) is 3.35. The van der Waals surface area contributed by atoms with Crippen molar-refractivity contribution in [3.05, 3.63) is 28.3 Å². The number of nitrogens with zero attached hydrogens (tertiary/aromatic N) is 1. The quantitative estimate of drug-likeness (QED) is 0.225. The Hall–Kier alpha value is -2.22. The van der Waals surface area contributed by atoms with Crippen molar-refractivity contribution >= 4 is 39.3 Å². The molecule has 1 aliphatic rings. The lowest BCUT2D eigenvalue weighted by molar-refractivity contribution is -0.388. The van der Waals surface area contributed by atoms with Crippen molar-refractivity contribution in [3.63, 3.8) is 0 Å². The Morgan fingerprint density at radius 3 is 2.79 bits per heavy atom. The SMILES string of the molecule is CSc1ccc(S(=O)(=O)NCC(=O)OCC(=O)NC[C@H]2CCCO2)cc1[N+](=O)[O-]. The van der Waals surface area contributed by atoms with Gasteiger partial charge in [0.15, 0.2) is 6.61 Å². The summed E-state index contributed by atoms with van der Waals surface area (Å²) in [5.74, 6) is -1.49. The second-order valence-corrected chi connectivity index (χ2v) is 8.63. The second-order valence-electron chi connectivity index (χ2n) is 6.02. The zero-order valence-corrected chi connectivity index (χ0v) is 17.2. The predicted octanol–water partition coefficient (Wildman–Crippen LogP) is 0.433. The molecule has 1 aromatic rings. The molecule has 0 unspecified atom stereocenters. The number of nitrogens with one attached hydrogen (secondary N) is 2. The van der Waals surface area contributed by atoms with Crippen LogP contribution >= 0.6 is 11.8 Å². The smallest absolute Gasteiger partial charge is 0.321 e. The highest BCUT2D eigenvalue weighted by Crippen LogP contribution is 2.29. The molecule has 1 saturated heterocycles. The fraction of sp³-hybridized carbons (Fsp3) is 0.500. The number of benzene rings is 1. The highest BCUT2D eigenvalue weighted by atomic mass is 32.2. The zero-order valence-electron chi connectivity index (χ0n) is 15.6. The summed E-state index contributed by atoms with van der Waals surface area (Å²) in [5, 5.41) is 13.6. The molecule has 0 radical (unpaired) electrons. The van der Waals surface area contributed by atoms with Crippen LogP contribution in [-0.4, -0.2) is 63.9 Å². The molecule has 0 saturated carbocycles. The van der Waals surface area contributed by atoms with Crippen molar-refractivity contribution in [2.24, 2.45) is 0 Å². The molecule has 0 bridgehead atoms. The van der Waals surface area contributed by atoms with Crippen LogP contribution in [0.15, 0.2) is 28.0 Å². The van der Waals surface area contributed by atoms with Crippen LogP contribution in [-0.2, 0) is 29.1 Å². The van der Waals surface area contributed by atoms with E-state index in [1.165, 1.54) is 12.1 Å². The average Bonchev–Trinajstić information content (AvgIpc) is 3.22. The third kappa shape index (κ3) is 6.96. The number of nitro benzene ring substituents is 1. The Morgan fingerprint density at radius 1 is 1.41 bits per heavy atom. The summed E-state index contributed by atoms with van der Waals surface area (Å²) in [6.45, 7) is -0.312. The van der Waals surface area contributed by atoms with Crippen molar-refractivity contribution in [1.82, 2.24) is 10.0 Å². The largest absolute Gasteiger partial charge is 0.455 e. The first kappa shape index (κ1) is 23.1. The van der Waals surface area contributed by atoms with Gasteiger partial charge in [-0.1, -0.05) is 0 Å². The first-order valence-electron chi connectivity index (χ1n) is 8.59. The Kier molecular flexibility index (Phi) is 8.37. The summed E-state index contributed by atoms with van der Waals surface area (Å²) in [6, 6.07) is 3.43. The summed E-state index contributed by atoms with van der Waals surface area (Å²) < 4.78 is 36.6. The summed E-state index contributed by atoms with van der Waals surface area (Å²) in [5.41, 5.74) is -0.356. The van der Waals surface area contributed by atoms with Crippen LogP contribution in [0.2, 0.25) is 0 Å². The lowest BCUT2D eigenvalue weighted by Crippen LogP contribution is -2.36. The van der Waals surface area contributed by atoms with Gasteiger partial charge in [0.2, 0.25) is 10.0 Å².